The van der Waals surface area contributed by atoms with Crippen LogP contribution in [-0.2, 0) is 6.54 Å². The summed E-state index contributed by atoms with van der Waals surface area (Å²) in [5.74, 6) is 0. The summed E-state index contributed by atoms with van der Waals surface area (Å²) >= 11 is 0. The van der Waals surface area contributed by atoms with Gasteiger partial charge in [-0.2, -0.15) is 5.10 Å². The minimum Gasteiger partial charge on any atom is -0.301 e. The van der Waals surface area contributed by atoms with Crippen molar-refractivity contribution in [1.29, 1.82) is 0 Å². The maximum absolute atomic E-state index is 12.9. The fraction of sp³-hybridized carbons (Fsp3) is 0.280. The van der Waals surface area contributed by atoms with Crippen LogP contribution in [-0.4, -0.2) is 38.9 Å². The number of fused-ring (bicyclic) bond motifs is 1. The van der Waals surface area contributed by atoms with E-state index in [1.165, 1.54) is 25.9 Å². The normalized spacial score (nSPS) is 14.6. The van der Waals surface area contributed by atoms with Crippen LogP contribution in [0.25, 0.3) is 27.7 Å². The van der Waals surface area contributed by atoms with Crippen molar-refractivity contribution in [2.45, 2.75) is 26.3 Å². The molecule has 0 atom stereocenters. The van der Waals surface area contributed by atoms with Crippen molar-refractivity contribution >= 4 is 10.9 Å². The van der Waals surface area contributed by atoms with Crippen LogP contribution in [0.15, 0.2) is 71.8 Å². The van der Waals surface area contributed by atoms with Crippen molar-refractivity contribution in [3.8, 4) is 16.8 Å². The summed E-state index contributed by atoms with van der Waals surface area (Å²) in [6.45, 7) is 6.40. The standard InChI is InChI=1S/C25H26N4O/c1-19-6-2-3-7-23(19)20-10-13-28(25(30)17-20)22-8-9-24-21(16-22)18-26-29(24)15-14-27-11-4-5-12-27/h2-3,6-10,13,16-18H,4-5,11-12,14-15H2,1H3. The summed E-state index contributed by atoms with van der Waals surface area (Å²) in [6.07, 6.45) is 6.37. The Hall–Kier alpha value is -3.18. The van der Waals surface area contributed by atoms with E-state index >= 15 is 0 Å². The second kappa shape index (κ2) is 7.92. The first kappa shape index (κ1) is 18.8. The molecule has 30 heavy (non-hydrogen) atoms. The second-order valence-electron chi connectivity index (χ2n) is 8.10. The lowest BCUT2D eigenvalue weighted by molar-refractivity contribution is 0.318. The van der Waals surface area contributed by atoms with Gasteiger partial charge >= 0.3 is 0 Å². The number of hydrogen-bond acceptors (Lipinski definition) is 3. The number of likely N-dealkylation sites (tertiary alicyclic amines) is 1. The average Bonchev–Trinajstić information content (AvgIpc) is 3.42. The highest BCUT2D eigenvalue weighted by Gasteiger charge is 2.12. The molecule has 5 heteroatoms. The van der Waals surface area contributed by atoms with Crippen molar-refractivity contribution in [3.63, 3.8) is 0 Å². The molecular formula is C25H26N4O. The summed E-state index contributed by atoms with van der Waals surface area (Å²) in [7, 11) is 0. The molecule has 2 aromatic heterocycles. The van der Waals surface area contributed by atoms with Crippen molar-refractivity contribution < 1.29 is 0 Å². The van der Waals surface area contributed by atoms with Crippen molar-refractivity contribution in [2.75, 3.05) is 19.6 Å². The third-order valence-electron chi connectivity index (χ3n) is 6.11. The highest BCUT2D eigenvalue weighted by molar-refractivity contribution is 5.81. The maximum Gasteiger partial charge on any atom is 0.255 e. The van der Waals surface area contributed by atoms with Gasteiger partial charge in [-0.1, -0.05) is 24.3 Å². The average molecular weight is 399 g/mol. The number of aromatic nitrogens is 3. The van der Waals surface area contributed by atoms with Gasteiger partial charge in [0.2, 0.25) is 0 Å². The summed E-state index contributed by atoms with van der Waals surface area (Å²) in [5.41, 5.74) is 5.15. The molecule has 0 unspecified atom stereocenters. The predicted octanol–water partition coefficient (Wildman–Crippen LogP) is 4.26. The van der Waals surface area contributed by atoms with E-state index in [0.29, 0.717) is 0 Å². The van der Waals surface area contributed by atoms with Gasteiger partial charge in [-0.3, -0.25) is 14.0 Å². The zero-order valence-electron chi connectivity index (χ0n) is 17.3. The van der Waals surface area contributed by atoms with Gasteiger partial charge in [-0.25, -0.2) is 0 Å². The first-order chi connectivity index (χ1) is 14.7. The molecule has 0 saturated carbocycles. The van der Waals surface area contributed by atoms with Crippen molar-refractivity contribution in [1.82, 2.24) is 19.2 Å². The molecule has 0 spiro atoms. The maximum atomic E-state index is 12.9. The molecule has 5 nitrogen and oxygen atoms in total. The zero-order valence-corrected chi connectivity index (χ0v) is 17.3. The Bertz CT molecular complexity index is 1250. The summed E-state index contributed by atoms with van der Waals surface area (Å²) in [4.78, 5) is 15.3. The molecule has 0 bridgehead atoms. The Balaban J connectivity index is 1.42. The Kier molecular flexibility index (Phi) is 4.97. The van der Waals surface area contributed by atoms with Crippen LogP contribution in [0.2, 0.25) is 0 Å². The molecule has 152 valence electrons. The molecule has 1 aliphatic heterocycles. The van der Waals surface area contributed by atoms with Crippen LogP contribution < -0.4 is 5.56 Å². The third-order valence-corrected chi connectivity index (χ3v) is 6.11. The monoisotopic (exact) mass is 398 g/mol. The predicted molar refractivity (Wildman–Crippen MR) is 121 cm³/mol. The number of hydrogen-bond donors (Lipinski definition) is 0. The van der Waals surface area contributed by atoms with Crippen molar-refractivity contribution in [2.24, 2.45) is 0 Å². The number of aryl methyl sites for hydroxylation is 1. The lowest BCUT2D eigenvalue weighted by Gasteiger charge is -2.14. The third kappa shape index (κ3) is 3.57. The van der Waals surface area contributed by atoms with Crippen molar-refractivity contribution in [3.05, 3.63) is 82.9 Å². The van der Waals surface area contributed by atoms with E-state index in [2.05, 4.69) is 39.8 Å². The van der Waals surface area contributed by atoms with E-state index in [-0.39, 0.29) is 5.56 Å². The van der Waals surface area contributed by atoms with Gasteiger partial charge in [0.1, 0.15) is 0 Å². The number of rotatable bonds is 5. The molecular weight excluding hydrogens is 372 g/mol. The van der Waals surface area contributed by atoms with Gasteiger partial charge in [0.15, 0.2) is 0 Å². The number of nitrogens with zero attached hydrogens (tertiary/aromatic N) is 4. The fourth-order valence-electron chi connectivity index (χ4n) is 4.40. The summed E-state index contributed by atoms with van der Waals surface area (Å²) in [6, 6.07) is 18.0. The molecule has 0 radical (unpaired) electrons. The minimum absolute atomic E-state index is 0.0310. The van der Waals surface area contributed by atoms with Gasteiger partial charge in [0, 0.05) is 29.9 Å². The van der Waals surface area contributed by atoms with E-state index < -0.39 is 0 Å². The van der Waals surface area contributed by atoms with E-state index in [9.17, 15) is 4.79 Å². The fourth-order valence-corrected chi connectivity index (χ4v) is 4.40. The first-order valence-electron chi connectivity index (χ1n) is 10.7. The quantitative estimate of drug-likeness (QED) is 0.505. The van der Waals surface area contributed by atoms with E-state index in [4.69, 9.17) is 0 Å². The van der Waals surface area contributed by atoms with Gasteiger partial charge in [0.05, 0.1) is 18.3 Å². The van der Waals surface area contributed by atoms with Crippen LogP contribution in [0.5, 0.6) is 0 Å². The molecule has 5 rings (SSSR count). The Morgan fingerprint density at radius 1 is 0.967 bits per heavy atom. The molecule has 0 N–H and O–H groups in total. The second-order valence-corrected chi connectivity index (χ2v) is 8.10. The Morgan fingerprint density at radius 2 is 1.80 bits per heavy atom. The molecule has 1 saturated heterocycles. The smallest absolute Gasteiger partial charge is 0.255 e. The van der Waals surface area contributed by atoms with Gasteiger partial charge in [-0.05, 0) is 73.8 Å². The van der Waals surface area contributed by atoms with E-state index in [0.717, 1.165) is 46.4 Å². The Labute approximate surface area is 176 Å². The molecule has 0 amide bonds. The lowest BCUT2D eigenvalue weighted by Crippen LogP contribution is -2.24. The molecule has 0 aliphatic carbocycles. The SMILES string of the molecule is Cc1ccccc1-c1ccn(-c2ccc3c(cnn3CCN3CCCC3)c2)c(=O)c1. The molecule has 1 aliphatic rings. The first-order valence-corrected chi connectivity index (χ1v) is 10.7. The lowest BCUT2D eigenvalue weighted by atomic mass is 10.0. The summed E-state index contributed by atoms with van der Waals surface area (Å²) in [5, 5.41) is 5.64. The molecule has 2 aromatic carbocycles. The van der Waals surface area contributed by atoms with Gasteiger partial charge in [-0.15, -0.1) is 0 Å². The van der Waals surface area contributed by atoms with E-state index in [1.807, 2.05) is 42.7 Å². The highest BCUT2D eigenvalue weighted by Crippen LogP contribution is 2.23. The van der Waals surface area contributed by atoms with Gasteiger partial charge < -0.3 is 4.90 Å². The van der Waals surface area contributed by atoms with Crippen LogP contribution in [0.4, 0.5) is 0 Å². The largest absolute Gasteiger partial charge is 0.301 e. The minimum atomic E-state index is -0.0310. The topological polar surface area (TPSA) is 43.1 Å². The molecule has 4 aromatic rings. The number of pyridine rings is 1. The zero-order chi connectivity index (χ0) is 20.5. The highest BCUT2D eigenvalue weighted by atomic mass is 16.1. The molecule has 3 heterocycles. The van der Waals surface area contributed by atoms with E-state index in [1.54, 1.807) is 10.6 Å². The Morgan fingerprint density at radius 3 is 2.60 bits per heavy atom. The van der Waals surface area contributed by atoms with Gasteiger partial charge in [0.25, 0.3) is 5.56 Å². The van der Waals surface area contributed by atoms with Crippen LogP contribution in [0.3, 0.4) is 0 Å². The number of benzene rings is 2. The van der Waals surface area contributed by atoms with Crippen LogP contribution >= 0.6 is 0 Å². The summed E-state index contributed by atoms with van der Waals surface area (Å²) < 4.78 is 3.77. The van der Waals surface area contributed by atoms with Crippen LogP contribution in [0.1, 0.15) is 18.4 Å². The van der Waals surface area contributed by atoms with Crippen LogP contribution in [0, 0.1) is 6.92 Å². The molecule has 1 fully saturated rings.